The van der Waals surface area contributed by atoms with Crippen molar-refractivity contribution in [2.75, 3.05) is 14.2 Å². The fourth-order valence-electron chi connectivity index (χ4n) is 1.95. The molecule has 2 aromatic rings. The highest BCUT2D eigenvalue weighted by Gasteiger charge is 2.13. The number of nitrogens with zero attached hydrogens (tertiary/aromatic N) is 1. The first-order valence-corrected chi connectivity index (χ1v) is 7.54. The summed E-state index contributed by atoms with van der Waals surface area (Å²) in [6, 6.07) is 11.7. The summed E-state index contributed by atoms with van der Waals surface area (Å²) in [7, 11) is 3.03. The van der Waals surface area contributed by atoms with Gasteiger partial charge in [0.1, 0.15) is 11.5 Å². The van der Waals surface area contributed by atoms with Crippen LogP contribution in [-0.4, -0.2) is 37.6 Å². The lowest BCUT2D eigenvalue weighted by Gasteiger charge is -2.13. The molecule has 0 bridgehead atoms. The van der Waals surface area contributed by atoms with Crippen molar-refractivity contribution in [1.82, 2.24) is 5.43 Å². The van der Waals surface area contributed by atoms with E-state index in [1.165, 1.54) is 19.4 Å². The number of carbonyl (C=O) groups excluding carboxylic acids is 1. The van der Waals surface area contributed by atoms with Gasteiger partial charge in [-0.05, 0) is 55.0 Å². The SMILES string of the molecule is COc1ccc(OC(C)C(=O)N/N=C/c2ccc(O)c(OC)c2)cc1. The minimum Gasteiger partial charge on any atom is -0.504 e. The number of phenols is 1. The molecule has 0 saturated heterocycles. The minimum atomic E-state index is -0.722. The Morgan fingerprint density at radius 2 is 1.80 bits per heavy atom. The molecule has 0 heterocycles. The van der Waals surface area contributed by atoms with Crippen molar-refractivity contribution >= 4 is 12.1 Å². The number of hydrogen-bond acceptors (Lipinski definition) is 6. The predicted octanol–water partition coefficient (Wildman–Crippen LogP) is 2.33. The standard InChI is InChI=1S/C18H20N2O5/c1-12(25-15-7-5-14(23-2)6-8-15)18(22)20-19-11-13-4-9-16(21)17(10-13)24-3/h4-12,21H,1-3H3,(H,20,22)/b19-11+. The van der Waals surface area contributed by atoms with E-state index < -0.39 is 12.0 Å². The van der Waals surface area contributed by atoms with Gasteiger partial charge in [-0.15, -0.1) is 0 Å². The quantitative estimate of drug-likeness (QED) is 0.594. The third-order valence-corrected chi connectivity index (χ3v) is 3.33. The Balaban J connectivity index is 1.90. The average molecular weight is 344 g/mol. The summed E-state index contributed by atoms with van der Waals surface area (Å²) >= 11 is 0. The Kier molecular flexibility index (Phi) is 6.22. The Morgan fingerprint density at radius 1 is 1.12 bits per heavy atom. The second-order valence-electron chi connectivity index (χ2n) is 5.10. The molecule has 2 aromatic carbocycles. The number of amides is 1. The molecule has 0 aliphatic carbocycles. The number of methoxy groups -OCH3 is 2. The van der Waals surface area contributed by atoms with Crippen LogP contribution in [0.25, 0.3) is 0 Å². The van der Waals surface area contributed by atoms with Crippen molar-refractivity contribution in [3.05, 3.63) is 48.0 Å². The molecule has 0 aliphatic rings. The van der Waals surface area contributed by atoms with Crippen molar-refractivity contribution in [1.29, 1.82) is 0 Å². The normalized spacial score (nSPS) is 11.8. The molecular weight excluding hydrogens is 324 g/mol. The zero-order valence-corrected chi connectivity index (χ0v) is 14.2. The molecule has 0 aliphatic heterocycles. The van der Waals surface area contributed by atoms with E-state index in [9.17, 15) is 9.90 Å². The summed E-state index contributed by atoms with van der Waals surface area (Å²) in [4.78, 5) is 12.0. The van der Waals surface area contributed by atoms with Crippen LogP contribution in [0.4, 0.5) is 0 Å². The molecule has 1 unspecified atom stereocenters. The van der Waals surface area contributed by atoms with Crippen LogP contribution < -0.4 is 19.6 Å². The van der Waals surface area contributed by atoms with Crippen molar-refractivity contribution in [2.45, 2.75) is 13.0 Å². The summed E-state index contributed by atoms with van der Waals surface area (Å²) in [5.41, 5.74) is 3.07. The lowest BCUT2D eigenvalue weighted by atomic mass is 10.2. The van der Waals surface area contributed by atoms with E-state index in [1.54, 1.807) is 50.4 Å². The third kappa shape index (κ3) is 5.13. The van der Waals surface area contributed by atoms with Crippen LogP contribution in [0.3, 0.4) is 0 Å². The molecule has 2 rings (SSSR count). The van der Waals surface area contributed by atoms with Gasteiger partial charge in [0.15, 0.2) is 17.6 Å². The van der Waals surface area contributed by atoms with Crippen molar-refractivity contribution in [3.8, 4) is 23.0 Å². The summed E-state index contributed by atoms with van der Waals surface area (Å²) in [6.07, 6.45) is 0.722. The van der Waals surface area contributed by atoms with Crippen LogP contribution in [0.1, 0.15) is 12.5 Å². The molecule has 0 spiro atoms. The predicted molar refractivity (Wildman–Crippen MR) is 93.5 cm³/mol. The summed E-state index contributed by atoms with van der Waals surface area (Å²) < 4.78 is 15.6. The Morgan fingerprint density at radius 3 is 2.44 bits per heavy atom. The fourth-order valence-corrected chi connectivity index (χ4v) is 1.95. The maximum absolute atomic E-state index is 12.0. The second-order valence-corrected chi connectivity index (χ2v) is 5.10. The van der Waals surface area contributed by atoms with E-state index in [4.69, 9.17) is 14.2 Å². The fraction of sp³-hybridized carbons (Fsp3) is 0.222. The van der Waals surface area contributed by atoms with Crippen molar-refractivity contribution in [3.63, 3.8) is 0 Å². The smallest absolute Gasteiger partial charge is 0.280 e. The van der Waals surface area contributed by atoms with Gasteiger partial charge in [0.2, 0.25) is 0 Å². The highest BCUT2D eigenvalue weighted by atomic mass is 16.5. The molecular formula is C18H20N2O5. The van der Waals surface area contributed by atoms with Crippen LogP contribution in [0.2, 0.25) is 0 Å². The Labute approximate surface area is 145 Å². The number of hydrazone groups is 1. The number of ether oxygens (including phenoxy) is 3. The van der Waals surface area contributed by atoms with Crippen molar-refractivity contribution < 1.29 is 24.1 Å². The van der Waals surface area contributed by atoms with E-state index in [-0.39, 0.29) is 5.75 Å². The zero-order valence-electron chi connectivity index (χ0n) is 14.2. The summed E-state index contributed by atoms with van der Waals surface area (Å²) in [5, 5.41) is 13.4. The lowest BCUT2D eigenvalue weighted by molar-refractivity contribution is -0.127. The van der Waals surface area contributed by atoms with Gasteiger partial charge in [-0.2, -0.15) is 5.10 Å². The van der Waals surface area contributed by atoms with Crippen LogP contribution in [0.15, 0.2) is 47.6 Å². The molecule has 0 fully saturated rings. The number of aromatic hydroxyl groups is 1. The Bertz CT molecular complexity index is 744. The number of hydrogen-bond donors (Lipinski definition) is 2. The molecule has 132 valence electrons. The highest BCUT2D eigenvalue weighted by Crippen LogP contribution is 2.25. The number of nitrogens with one attached hydrogen (secondary N) is 1. The van der Waals surface area contributed by atoms with E-state index in [0.29, 0.717) is 22.8 Å². The maximum atomic E-state index is 12.0. The zero-order chi connectivity index (χ0) is 18.2. The van der Waals surface area contributed by atoms with Gasteiger partial charge < -0.3 is 19.3 Å². The van der Waals surface area contributed by atoms with Gasteiger partial charge in [-0.1, -0.05) is 0 Å². The third-order valence-electron chi connectivity index (χ3n) is 3.33. The molecule has 2 N–H and O–H groups in total. The monoisotopic (exact) mass is 344 g/mol. The van der Waals surface area contributed by atoms with E-state index in [2.05, 4.69) is 10.5 Å². The van der Waals surface area contributed by atoms with E-state index in [0.717, 1.165) is 0 Å². The van der Waals surface area contributed by atoms with E-state index in [1.807, 2.05) is 0 Å². The first kappa shape index (κ1) is 18.1. The number of benzene rings is 2. The van der Waals surface area contributed by atoms with Gasteiger partial charge in [-0.3, -0.25) is 4.79 Å². The molecule has 1 atom stereocenters. The molecule has 25 heavy (non-hydrogen) atoms. The van der Waals surface area contributed by atoms with Gasteiger partial charge in [0.25, 0.3) is 5.91 Å². The molecule has 0 aromatic heterocycles. The maximum Gasteiger partial charge on any atom is 0.280 e. The van der Waals surface area contributed by atoms with Crippen LogP contribution in [0, 0.1) is 0 Å². The number of carbonyl (C=O) groups is 1. The number of phenolic OH excluding ortho intramolecular Hbond substituents is 1. The Hall–Kier alpha value is -3.22. The molecule has 7 nitrogen and oxygen atoms in total. The molecule has 1 amide bonds. The summed E-state index contributed by atoms with van der Waals surface area (Å²) in [6.45, 7) is 1.62. The van der Waals surface area contributed by atoms with E-state index >= 15 is 0 Å². The first-order valence-electron chi connectivity index (χ1n) is 7.54. The van der Waals surface area contributed by atoms with Gasteiger partial charge in [0, 0.05) is 0 Å². The van der Waals surface area contributed by atoms with Gasteiger partial charge in [0.05, 0.1) is 20.4 Å². The second kappa shape index (κ2) is 8.58. The van der Waals surface area contributed by atoms with Crippen LogP contribution in [0.5, 0.6) is 23.0 Å². The minimum absolute atomic E-state index is 0.0326. The molecule has 7 heteroatoms. The first-order chi connectivity index (χ1) is 12.0. The van der Waals surface area contributed by atoms with Crippen molar-refractivity contribution in [2.24, 2.45) is 5.10 Å². The number of rotatable bonds is 7. The van der Waals surface area contributed by atoms with Gasteiger partial charge in [-0.25, -0.2) is 5.43 Å². The lowest BCUT2D eigenvalue weighted by Crippen LogP contribution is -2.33. The van der Waals surface area contributed by atoms with Gasteiger partial charge >= 0.3 is 0 Å². The largest absolute Gasteiger partial charge is 0.504 e. The summed E-state index contributed by atoms with van der Waals surface area (Å²) in [5.74, 6) is 1.23. The van der Waals surface area contributed by atoms with Crippen LogP contribution in [-0.2, 0) is 4.79 Å². The molecule has 0 radical (unpaired) electrons. The average Bonchev–Trinajstić information content (AvgIpc) is 2.63. The highest BCUT2D eigenvalue weighted by molar-refractivity contribution is 5.84. The topological polar surface area (TPSA) is 89.4 Å². The van der Waals surface area contributed by atoms with Crippen LogP contribution >= 0.6 is 0 Å². The molecule has 0 saturated carbocycles.